The van der Waals surface area contributed by atoms with Crippen molar-refractivity contribution in [3.05, 3.63) is 27.9 Å². The van der Waals surface area contributed by atoms with Crippen LogP contribution in [0, 0.1) is 16.0 Å². The number of rotatable bonds is 5. The fourth-order valence-corrected chi connectivity index (χ4v) is 1.99. The van der Waals surface area contributed by atoms with Crippen LogP contribution < -0.4 is 11.1 Å². The molecule has 2 rings (SSSR count). The van der Waals surface area contributed by atoms with Crippen LogP contribution in [0.3, 0.4) is 0 Å². The number of halogens is 1. The molecule has 0 aliphatic heterocycles. The van der Waals surface area contributed by atoms with Gasteiger partial charge in [0.05, 0.1) is 5.54 Å². The maximum Gasteiger partial charge on any atom is 0.321 e. The number of nitrogens with two attached hydrogens (primary N) is 1. The summed E-state index contributed by atoms with van der Waals surface area (Å²) in [6.07, 6.45) is 2.11. The molecule has 106 valence electrons. The summed E-state index contributed by atoms with van der Waals surface area (Å²) >= 11 is 0. The number of carbonyl (C=O) groups is 1. The van der Waals surface area contributed by atoms with Gasteiger partial charge in [-0.3, -0.25) is 4.79 Å². The van der Waals surface area contributed by atoms with Crippen LogP contribution in [0.15, 0.2) is 12.1 Å². The summed E-state index contributed by atoms with van der Waals surface area (Å²) < 4.78 is 0. The Labute approximate surface area is 116 Å². The van der Waals surface area contributed by atoms with E-state index in [9.17, 15) is 14.9 Å². The highest BCUT2D eigenvalue weighted by Gasteiger charge is 2.42. The third-order valence-corrected chi connectivity index (χ3v) is 3.41. The normalized spacial score (nSPS) is 17.2. The molecule has 1 saturated carbocycles. The van der Waals surface area contributed by atoms with Crippen molar-refractivity contribution in [2.24, 2.45) is 11.7 Å². The second kappa shape index (κ2) is 5.58. The highest BCUT2D eigenvalue weighted by atomic mass is 35.5. The Morgan fingerprint density at radius 3 is 2.68 bits per heavy atom. The number of aromatic nitrogens is 1. The van der Waals surface area contributed by atoms with Crippen molar-refractivity contribution in [3.63, 3.8) is 0 Å². The minimum Gasteiger partial charge on any atom is -0.358 e. The summed E-state index contributed by atoms with van der Waals surface area (Å²) in [4.78, 5) is 24.4. The quantitative estimate of drug-likeness (QED) is 0.558. The molecular formula is C11H17ClN4O3. The molecule has 1 aliphatic carbocycles. The Bertz CT molecular complexity index is 486. The largest absolute Gasteiger partial charge is 0.358 e. The highest BCUT2D eigenvalue weighted by Crippen LogP contribution is 2.39. The van der Waals surface area contributed by atoms with Crippen LogP contribution in [0.5, 0.6) is 0 Å². The molecule has 0 spiro atoms. The number of aromatic amines is 1. The molecule has 1 aliphatic rings. The first-order valence-electron chi connectivity index (χ1n) is 5.82. The Balaban J connectivity index is 0.00000180. The predicted octanol–water partition coefficient (Wildman–Crippen LogP) is 1.20. The summed E-state index contributed by atoms with van der Waals surface area (Å²) in [5, 5.41) is 13.4. The Morgan fingerprint density at radius 1 is 1.63 bits per heavy atom. The van der Waals surface area contributed by atoms with Gasteiger partial charge in [0.2, 0.25) is 0 Å². The number of nitro groups is 1. The van der Waals surface area contributed by atoms with Crippen LogP contribution in [0.4, 0.5) is 5.82 Å². The van der Waals surface area contributed by atoms with E-state index in [2.05, 4.69) is 10.3 Å². The monoisotopic (exact) mass is 288 g/mol. The summed E-state index contributed by atoms with van der Waals surface area (Å²) in [5.74, 6) is -0.152. The van der Waals surface area contributed by atoms with E-state index in [1.54, 1.807) is 0 Å². The Hall–Kier alpha value is -1.60. The molecule has 7 nitrogen and oxygen atoms in total. The van der Waals surface area contributed by atoms with Gasteiger partial charge in [0, 0.05) is 12.6 Å². The molecule has 0 bridgehead atoms. The molecular weight excluding hydrogens is 272 g/mol. The summed E-state index contributed by atoms with van der Waals surface area (Å²) in [7, 11) is 0. The minimum atomic E-state index is -0.570. The first-order valence-corrected chi connectivity index (χ1v) is 5.82. The van der Waals surface area contributed by atoms with Gasteiger partial charge in [-0.15, -0.1) is 12.4 Å². The van der Waals surface area contributed by atoms with E-state index in [0.29, 0.717) is 12.5 Å². The van der Waals surface area contributed by atoms with Gasteiger partial charge in [0.15, 0.2) is 5.69 Å². The van der Waals surface area contributed by atoms with Gasteiger partial charge in [-0.2, -0.15) is 0 Å². The fourth-order valence-electron chi connectivity index (χ4n) is 1.99. The van der Waals surface area contributed by atoms with Gasteiger partial charge >= 0.3 is 5.82 Å². The molecule has 1 amide bonds. The van der Waals surface area contributed by atoms with Crippen LogP contribution >= 0.6 is 12.4 Å². The average molecular weight is 289 g/mol. The lowest BCUT2D eigenvalue weighted by atomic mass is 9.96. The summed E-state index contributed by atoms with van der Waals surface area (Å²) in [6, 6.07) is 2.67. The lowest BCUT2D eigenvalue weighted by molar-refractivity contribution is -0.389. The molecule has 0 radical (unpaired) electrons. The molecule has 1 heterocycles. The molecule has 0 aromatic carbocycles. The van der Waals surface area contributed by atoms with E-state index in [1.165, 1.54) is 12.1 Å². The molecule has 1 aromatic heterocycles. The molecule has 8 heteroatoms. The Morgan fingerprint density at radius 2 is 2.26 bits per heavy atom. The van der Waals surface area contributed by atoms with Crippen LogP contribution in [-0.4, -0.2) is 27.9 Å². The van der Waals surface area contributed by atoms with E-state index in [1.807, 2.05) is 6.92 Å². The molecule has 1 unspecified atom stereocenters. The number of H-pyrrole nitrogens is 1. The van der Waals surface area contributed by atoms with Gasteiger partial charge in [0.1, 0.15) is 0 Å². The van der Waals surface area contributed by atoms with Crippen molar-refractivity contribution in [1.29, 1.82) is 0 Å². The highest BCUT2D eigenvalue weighted by molar-refractivity contribution is 5.93. The number of carbonyl (C=O) groups excluding carboxylic acids is 1. The molecule has 19 heavy (non-hydrogen) atoms. The van der Waals surface area contributed by atoms with Crippen molar-refractivity contribution in [2.75, 3.05) is 6.54 Å². The predicted molar refractivity (Wildman–Crippen MR) is 72.3 cm³/mol. The minimum absolute atomic E-state index is 0. The second-order valence-electron chi connectivity index (χ2n) is 4.86. The van der Waals surface area contributed by atoms with Crippen LogP contribution in [0.2, 0.25) is 0 Å². The number of hydrogen-bond donors (Lipinski definition) is 3. The molecule has 1 aromatic rings. The van der Waals surface area contributed by atoms with E-state index < -0.39 is 10.5 Å². The zero-order valence-corrected chi connectivity index (χ0v) is 11.3. The SMILES string of the molecule is CC(CN)(NC(=O)c1ccc([N+](=O)[O-])[nH]1)C1CC1.Cl. The first kappa shape index (κ1) is 15.5. The number of nitrogens with zero attached hydrogens (tertiary/aromatic N) is 1. The van der Waals surface area contributed by atoms with E-state index >= 15 is 0 Å². The van der Waals surface area contributed by atoms with Crippen molar-refractivity contribution < 1.29 is 9.72 Å². The number of hydrogen-bond acceptors (Lipinski definition) is 4. The van der Waals surface area contributed by atoms with Crippen LogP contribution in [-0.2, 0) is 0 Å². The molecule has 4 N–H and O–H groups in total. The van der Waals surface area contributed by atoms with Gasteiger partial charge in [-0.05, 0) is 36.7 Å². The lowest BCUT2D eigenvalue weighted by Gasteiger charge is -2.28. The zero-order valence-electron chi connectivity index (χ0n) is 10.5. The van der Waals surface area contributed by atoms with Crippen molar-refractivity contribution in [3.8, 4) is 0 Å². The van der Waals surface area contributed by atoms with Crippen molar-refractivity contribution in [1.82, 2.24) is 10.3 Å². The molecule has 1 fully saturated rings. The van der Waals surface area contributed by atoms with Gasteiger partial charge < -0.3 is 21.2 Å². The molecule has 0 saturated heterocycles. The lowest BCUT2D eigenvalue weighted by Crippen LogP contribution is -2.53. The maximum absolute atomic E-state index is 12.0. The Kier molecular flexibility index (Phi) is 4.54. The topological polar surface area (TPSA) is 114 Å². The number of nitrogens with one attached hydrogen (secondary N) is 2. The molecule has 1 atom stereocenters. The van der Waals surface area contributed by atoms with E-state index in [0.717, 1.165) is 12.8 Å². The van der Waals surface area contributed by atoms with Gasteiger partial charge in [-0.1, -0.05) is 0 Å². The fraction of sp³-hybridized carbons (Fsp3) is 0.545. The van der Waals surface area contributed by atoms with Crippen molar-refractivity contribution >= 4 is 24.1 Å². The standard InChI is InChI=1S/C11H16N4O3.ClH/c1-11(6-12,7-2-3-7)14-10(16)8-4-5-9(13-8)15(17)18;/h4-5,7,13H,2-3,6,12H2,1H3,(H,14,16);1H. The summed E-state index contributed by atoms with van der Waals surface area (Å²) in [5.41, 5.74) is 5.44. The second-order valence-corrected chi connectivity index (χ2v) is 4.86. The van der Waals surface area contributed by atoms with Gasteiger partial charge in [-0.25, -0.2) is 4.98 Å². The zero-order chi connectivity index (χ0) is 13.3. The smallest absolute Gasteiger partial charge is 0.321 e. The van der Waals surface area contributed by atoms with E-state index in [-0.39, 0.29) is 29.8 Å². The van der Waals surface area contributed by atoms with Crippen LogP contribution in [0.1, 0.15) is 30.3 Å². The number of amides is 1. The third kappa shape index (κ3) is 3.24. The first-order chi connectivity index (χ1) is 8.46. The van der Waals surface area contributed by atoms with E-state index in [4.69, 9.17) is 5.73 Å². The average Bonchev–Trinajstić information content (AvgIpc) is 3.06. The van der Waals surface area contributed by atoms with Crippen LogP contribution in [0.25, 0.3) is 0 Å². The van der Waals surface area contributed by atoms with Gasteiger partial charge in [0.25, 0.3) is 5.91 Å². The third-order valence-electron chi connectivity index (χ3n) is 3.41. The maximum atomic E-state index is 12.0. The van der Waals surface area contributed by atoms with Crippen molar-refractivity contribution in [2.45, 2.75) is 25.3 Å². The summed E-state index contributed by atoms with van der Waals surface area (Å²) in [6.45, 7) is 2.26.